The van der Waals surface area contributed by atoms with Gasteiger partial charge in [-0.15, -0.1) is 0 Å². The highest BCUT2D eigenvalue weighted by Crippen LogP contribution is 2.35. The van der Waals surface area contributed by atoms with E-state index in [4.69, 9.17) is 9.47 Å². The molecular weight excluding hydrogens is 518 g/mol. The summed E-state index contributed by atoms with van der Waals surface area (Å²) in [6, 6.07) is 22.7. The van der Waals surface area contributed by atoms with E-state index in [0.29, 0.717) is 24.7 Å². The summed E-state index contributed by atoms with van der Waals surface area (Å²) >= 11 is 0. The summed E-state index contributed by atoms with van der Waals surface area (Å²) in [6.07, 6.45) is 0.267. The van der Waals surface area contributed by atoms with Crippen LogP contribution in [-0.4, -0.2) is 63.7 Å². The molecule has 1 N–H and O–H groups in total. The molecule has 39 heavy (non-hydrogen) atoms. The third-order valence-corrected chi connectivity index (χ3v) is 8.25. The Hall–Kier alpha value is -4.05. The van der Waals surface area contributed by atoms with Gasteiger partial charge < -0.3 is 19.7 Å². The smallest absolute Gasteiger partial charge is 0.244 e. The summed E-state index contributed by atoms with van der Waals surface area (Å²) in [4.78, 5) is 28.6. The van der Waals surface area contributed by atoms with E-state index in [1.165, 1.54) is 18.9 Å². The minimum absolute atomic E-state index is 0.131. The van der Waals surface area contributed by atoms with Crippen molar-refractivity contribution in [2.75, 3.05) is 36.9 Å². The van der Waals surface area contributed by atoms with Crippen LogP contribution in [0.15, 0.2) is 78.9 Å². The van der Waals surface area contributed by atoms with Crippen LogP contribution in [0.5, 0.6) is 11.5 Å². The summed E-state index contributed by atoms with van der Waals surface area (Å²) in [7, 11) is -2.34. The highest BCUT2D eigenvalue weighted by Gasteiger charge is 2.33. The number of rotatable bonds is 11. The lowest BCUT2D eigenvalue weighted by Crippen LogP contribution is -2.53. The topological polar surface area (TPSA) is 105 Å². The van der Waals surface area contributed by atoms with E-state index in [2.05, 4.69) is 5.32 Å². The average Bonchev–Trinajstić information content (AvgIpc) is 2.97. The van der Waals surface area contributed by atoms with Crippen LogP contribution in [0.3, 0.4) is 0 Å². The third kappa shape index (κ3) is 6.88. The molecule has 3 aromatic rings. The van der Waals surface area contributed by atoms with Gasteiger partial charge in [-0.1, -0.05) is 60.7 Å². The van der Waals surface area contributed by atoms with Crippen molar-refractivity contribution in [3.05, 3.63) is 90.0 Å². The highest BCUT2D eigenvalue weighted by molar-refractivity contribution is 7.92. The van der Waals surface area contributed by atoms with E-state index in [0.717, 1.165) is 15.4 Å². The Labute approximate surface area is 229 Å². The number of nitrogens with one attached hydrogen (secondary N) is 1. The van der Waals surface area contributed by atoms with Crippen molar-refractivity contribution < 1.29 is 27.5 Å². The molecule has 1 heterocycles. The van der Waals surface area contributed by atoms with Crippen LogP contribution < -0.4 is 19.1 Å². The van der Waals surface area contributed by atoms with Crippen LogP contribution >= 0.6 is 0 Å². The summed E-state index contributed by atoms with van der Waals surface area (Å²) < 4.78 is 38.8. The largest absolute Gasteiger partial charge is 0.486 e. The zero-order valence-electron chi connectivity index (χ0n) is 22.1. The van der Waals surface area contributed by atoms with Gasteiger partial charge >= 0.3 is 0 Å². The Kier molecular flexibility index (Phi) is 9.08. The number of hydrogen-bond acceptors (Lipinski definition) is 6. The number of ether oxygens (including phenoxy) is 2. The number of carbonyl (C=O) groups excluding carboxylic acids is 2. The molecule has 3 aromatic carbocycles. The average molecular weight is 552 g/mol. The maximum absolute atomic E-state index is 14.0. The van der Waals surface area contributed by atoms with Crippen LogP contribution in [-0.2, 0) is 32.6 Å². The molecule has 1 aliphatic heterocycles. The number of amides is 2. The predicted octanol–water partition coefficient (Wildman–Crippen LogP) is 3.00. The molecular formula is C29H33N3O6S. The number of carbonyl (C=O) groups is 2. The number of likely N-dealkylation sites (N-methyl/N-ethyl adjacent to an activating group) is 1. The Balaban J connectivity index is 1.71. The lowest BCUT2D eigenvalue weighted by atomic mass is 10.0. The SMILES string of the molecule is CCS(=O)(=O)N(CC(=O)N(Cc1ccccc1)C(Cc1ccccc1)C(=O)NC)c1ccc2c(c1)OCCO2. The molecule has 4 rings (SSSR count). The second-order valence-corrected chi connectivity index (χ2v) is 11.2. The molecule has 0 saturated heterocycles. The summed E-state index contributed by atoms with van der Waals surface area (Å²) in [5.74, 6) is -0.131. The van der Waals surface area contributed by atoms with Crippen molar-refractivity contribution in [1.82, 2.24) is 10.2 Å². The van der Waals surface area contributed by atoms with Gasteiger partial charge in [0.15, 0.2) is 11.5 Å². The van der Waals surface area contributed by atoms with Crippen LogP contribution in [0.1, 0.15) is 18.1 Å². The van der Waals surface area contributed by atoms with Gasteiger partial charge in [0.1, 0.15) is 25.8 Å². The van der Waals surface area contributed by atoms with E-state index in [1.54, 1.807) is 18.2 Å². The Morgan fingerprint density at radius 2 is 1.51 bits per heavy atom. The van der Waals surface area contributed by atoms with Crippen LogP contribution in [0.2, 0.25) is 0 Å². The molecule has 0 aromatic heterocycles. The van der Waals surface area contributed by atoms with Crippen molar-refractivity contribution in [3.8, 4) is 11.5 Å². The van der Waals surface area contributed by atoms with Gasteiger partial charge in [0, 0.05) is 26.1 Å². The van der Waals surface area contributed by atoms with Gasteiger partial charge in [-0.3, -0.25) is 13.9 Å². The molecule has 0 spiro atoms. The molecule has 1 unspecified atom stereocenters. The van der Waals surface area contributed by atoms with Crippen LogP contribution in [0.25, 0.3) is 0 Å². The van der Waals surface area contributed by atoms with E-state index < -0.39 is 28.5 Å². The Bertz CT molecular complexity index is 1380. The van der Waals surface area contributed by atoms with E-state index in [1.807, 2.05) is 60.7 Å². The van der Waals surface area contributed by atoms with Crippen molar-refractivity contribution >= 4 is 27.5 Å². The minimum atomic E-state index is -3.86. The highest BCUT2D eigenvalue weighted by atomic mass is 32.2. The van der Waals surface area contributed by atoms with Crippen LogP contribution in [0.4, 0.5) is 5.69 Å². The summed E-state index contributed by atoms with van der Waals surface area (Å²) in [5, 5.41) is 2.67. The van der Waals surface area contributed by atoms with Gasteiger partial charge in [0.05, 0.1) is 11.4 Å². The zero-order chi connectivity index (χ0) is 27.8. The fourth-order valence-corrected chi connectivity index (χ4v) is 5.46. The first-order valence-electron chi connectivity index (χ1n) is 12.8. The first-order chi connectivity index (χ1) is 18.8. The molecule has 1 atom stereocenters. The standard InChI is InChI=1S/C29H33N3O6S/c1-3-39(35,36)32(24-14-15-26-27(19-24)38-17-16-37-26)21-28(33)31(20-23-12-8-5-9-13-23)25(29(34)30-2)18-22-10-6-4-7-11-22/h4-15,19,25H,3,16-18,20-21H2,1-2H3,(H,30,34). The Morgan fingerprint density at radius 3 is 2.13 bits per heavy atom. The lowest BCUT2D eigenvalue weighted by molar-refractivity contribution is -0.139. The van der Waals surface area contributed by atoms with Crippen LogP contribution in [0, 0.1) is 0 Å². The molecule has 0 aliphatic carbocycles. The molecule has 0 saturated carbocycles. The fourth-order valence-electron chi connectivity index (χ4n) is 4.41. The molecule has 0 fully saturated rings. The summed E-state index contributed by atoms with van der Waals surface area (Å²) in [6.45, 7) is 1.92. The normalized spacial score (nSPS) is 13.3. The number of anilines is 1. The fraction of sp³-hybridized carbons (Fsp3) is 0.310. The molecule has 2 amide bonds. The molecule has 10 heteroatoms. The molecule has 206 valence electrons. The quantitative estimate of drug-likeness (QED) is 0.393. The van der Waals surface area contributed by atoms with Crippen molar-refractivity contribution in [2.45, 2.75) is 25.9 Å². The first kappa shape index (κ1) is 28.0. The van der Waals surface area contributed by atoms with E-state index >= 15 is 0 Å². The number of fused-ring (bicyclic) bond motifs is 1. The number of hydrogen-bond donors (Lipinski definition) is 1. The number of benzene rings is 3. The minimum Gasteiger partial charge on any atom is -0.486 e. The van der Waals surface area contributed by atoms with Gasteiger partial charge in [-0.25, -0.2) is 8.42 Å². The third-order valence-electron chi connectivity index (χ3n) is 6.51. The van der Waals surface area contributed by atoms with Gasteiger partial charge in [0.2, 0.25) is 21.8 Å². The van der Waals surface area contributed by atoms with Gasteiger partial charge in [-0.2, -0.15) is 0 Å². The van der Waals surface area contributed by atoms with Crippen molar-refractivity contribution in [2.24, 2.45) is 0 Å². The van der Waals surface area contributed by atoms with E-state index in [9.17, 15) is 18.0 Å². The monoisotopic (exact) mass is 551 g/mol. The zero-order valence-corrected chi connectivity index (χ0v) is 22.9. The lowest BCUT2D eigenvalue weighted by Gasteiger charge is -2.33. The molecule has 0 radical (unpaired) electrons. The second-order valence-electron chi connectivity index (χ2n) is 9.06. The van der Waals surface area contributed by atoms with Gasteiger partial charge in [-0.05, 0) is 30.2 Å². The maximum Gasteiger partial charge on any atom is 0.244 e. The number of nitrogens with zero attached hydrogens (tertiary/aromatic N) is 2. The molecule has 0 bridgehead atoms. The number of sulfonamides is 1. The predicted molar refractivity (Wildman–Crippen MR) is 149 cm³/mol. The Morgan fingerprint density at radius 1 is 0.897 bits per heavy atom. The second kappa shape index (κ2) is 12.7. The molecule has 9 nitrogen and oxygen atoms in total. The summed E-state index contributed by atoms with van der Waals surface area (Å²) in [5.41, 5.74) is 1.98. The van der Waals surface area contributed by atoms with Crippen molar-refractivity contribution in [3.63, 3.8) is 0 Å². The first-order valence-corrected chi connectivity index (χ1v) is 14.4. The maximum atomic E-state index is 14.0. The van der Waals surface area contributed by atoms with Gasteiger partial charge in [0.25, 0.3) is 0 Å². The van der Waals surface area contributed by atoms with Crippen molar-refractivity contribution in [1.29, 1.82) is 0 Å². The van der Waals surface area contributed by atoms with E-state index in [-0.39, 0.29) is 30.3 Å². The molecule has 1 aliphatic rings.